The molecular formula is C57H86N4S4. The number of thiophene rings is 2. The van der Waals surface area contributed by atoms with Crippen LogP contribution in [-0.2, 0) is 12.8 Å². The fourth-order valence-corrected chi connectivity index (χ4v) is 13.4. The Kier molecular flexibility index (Phi) is 24.3. The number of rotatable bonds is 37. The van der Waals surface area contributed by atoms with Crippen LogP contribution in [0.3, 0.4) is 0 Å². The Hall–Kier alpha value is -2.26. The first-order chi connectivity index (χ1) is 32.1. The third-order valence-electron chi connectivity index (χ3n) is 14.3. The molecule has 4 nitrogen and oxygen atoms in total. The first-order valence-corrected chi connectivity index (χ1v) is 30.3. The van der Waals surface area contributed by atoms with Gasteiger partial charge in [-0.05, 0) is 70.8 Å². The lowest BCUT2D eigenvalue weighted by molar-refractivity contribution is 0.400. The quantitative estimate of drug-likeness (QED) is 0.0365. The van der Waals surface area contributed by atoms with Crippen molar-refractivity contribution in [1.82, 2.24) is 17.5 Å². The molecule has 0 saturated heterocycles. The molecule has 0 saturated carbocycles. The predicted octanol–water partition coefficient (Wildman–Crippen LogP) is 20.8. The number of aromatic nitrogens is 4. The zero-order valence-corrected chi connectivity index (χ0v) is 44.6. The minimum atomic E-state index is 0.700. The van der Waals surface area contributed by atoms with Crippen molar-refractivity contribution in [2.24, 2.45) is 11.8 Å². The van der Waals surface area contributed by atoms with Gasteiger partial charge in [0, 0.05) is 31.7 Å². The van der Waals surface area contributed by atoms with E-state index in [4.69, 9.17) is 17.5 Å². The molecule has 0 aliphatic heterocycles. The maximum atomic E-state index is 4.97. The smallest absolute Gasteiger partial charge is 0.114 e. The van der Waals surface area contributed by atoms with E-state index < -0.39 is 0 Å². The molecule has 2 atom stereocenters. The molecule has 2 unspecified atom stereocenters. The van der Waals surface area contributed by atoms with Gasteiger partial charge in [-0.15, -0.1) is 22.7 Å². The summed E-state index contributed by atoms with van der Waals surface area (Å²) in [6.07, 6.45) is 45.7. The largest absolute Gasteiger partial charge is 0.172 e. The molecule has 0 fully saturated rings. The van der Waals surface area contributed by atoms with E-state index in [9.17, 15) is 0 Å². The fourth-order valence-electron chi connectivity index (χ4n) is 10.3. The Balaban J connectivity index is 1.08. The van der Waals surface area contributed by atoms with Gasteiger partial charge in [0.05, 0.1) is 23.5 Å². The summed E-state index contributed by atoms with van der Waals surface area (Å²) in [4.78, 5) is 2.59. The minimum Gasteiger partial charge on any atom is -0.172 e. The Morgan fingerprint density at radius 1 is 0.385 bits per heavy atom. The van der Waals surface area contributed by atoms with E-state index in [-0.39, 0.29) is 0 Å². The molecule has 0 N–H and O–H groups in total. The van der Waals surface area contributed by atoms with Crippen molar-refractivity contribution in [2.45, 2.75) is 240 Å². The van der Waals surface area contributed by atoms with Gasteiger partial charge in [-0.25, -0.2) is 0 Å². The van der Waals surface area contributed by atoms with Crippen LogP contribution in [-0.4, -0.2) is 17.5 Å². The topological polar surface area (TPSA) is 51.6 Å². The van der Waals surface area contributed by atoms with E-state index in [0.717, 1.165) is 45.2 Å². The molecule has 4 aromatic heterocycles. The summed E-state index contributed by atoms with van der Waals surface area (Å²) in [5.41, 5.74) is 9.39. The lowest BCUT2D eigenvalue weighted by Crippen LogP contribution is -2.05. The van der Waals surface area contributed by atoms with Crippen molar-refractivity contribution in [2.75, 3.05) is 0 Å². The van der Waals surface area contributed by atoms with Crippen molar-refractivity contribution in [3.63, 3.8) is 0 Å². The number of hydrogen-bond acceptors (Lipinski definition) is 8. The summed E-state index contributed by atoms with van der Waals surface area (Å²) >= 11 is 6.42. The summed E-state index contributed by atoms with van der Waals surface area (Å²) in [7, 11) is 0. The number of fused-ring (bicyclic) bond motifs is 5. The predicted molar refractivity (Wildman–Crippen MR) is 293 cm³/mol. The molecule has 0 bridgehead atoms. The van der Waals surface area contributed by atoms with Gasteiger partial charge in [-0.3, -0.25) is 0 Å². The van der Waals surface area contributed by atoms with E-state index in [1.807, 2.05) is 22.7 Å². The molecule has 0 amide bonds. The van der Waals surface area contributed by atoms with Crippen molar-refractivity contribution in [3.8, 4) is 20.9 Å². The molecule has 0 aliphatic rings. The van der Waals surface area contributed by atoms with Gasteiger partial charge in [0.25, 0.3) is 0 Å². The number of hydrogen-bond donors (Lipinski definition) is 0. The number of unbranched alkanes of at least 4 members (excludes halogenated alkanes) is 25. The van der Waals surface area contributed by atoms with Gasteiger partial charge in [-0.1, -0.05) is 227 Å². The normalized spacial score (nSPS) is 13.0. The Morgan fingerprint density at radius 2 is 0.723 bits per heavy atom. The maximum Gasteiger partial charge on any atom is 0.114 e. The summed E-state index contributed by atoms with van der Waals surface area (Å²) in [6.45, 7) is 9.38. The van der Waals surface area contributed by atoms with Crippen molar-refractivity contribution >= 4 is 79.0 Å². The van der Waals surface area contributed by atoms with Crippen LogP contribution in [0.4, 0.5) is 0 Å². The summed E-state index contributed by atoms with van der Waals surface area (Å²) in [5.74, 6) is 1.47. The highest BCUT2D eigenvalue weighted by atomic mass is 32.1. The van der Waals surface area contributed by atoms with E-state index in [0.29, 0.717) is 5.92 Å². The zero-order chi connectivity index (χ0) is 45.3. The number of benzene rings is 2. The zero-order valence-electron chi connectivity index (χ0n) is 41.4. The third-order valence-corrected chi connectivity index (χ3v) is 17.4. The lowest BCUT2D eigenvalue weighted by Gasteiger charge is -2.16. The molecule has 0 spiro atoms. The van der Waals surface area contributed by atoms with E-state index >= 15 is 0 Å². The van der Waals surface area contributed by atoms with E-state index in [1.54, 1.807) is 0 Å². The molecule has 2 aromatic carbocycles. The second-order valence-electron chi connectivity index (χ2n) is 20.1. The van der Waals surface area contributed by atoms with E-state index in [2.05, 4.69) is 62.7 Å². The standard InChI is InChI=1S/C57H86N4S4/c1-5-8-11-14-17-20-22-24-27-30-33-44(4)36-46-38-52(62-42-46)50-40-48-49(54-56(50)60-64-58-54)41-51(57-55(48)59-65-61-57)53-39-47(43-63-53)37-45(34-31-28-25-19-16-13-10-7-3)35-32-29-26-23-21-18-15-12-9-6-2/h38-45H,5-37H2,1-4H3. The van der Waals surface area contributed by atoms with Gasteiger partial charge in [0.2, 0.25) is 0 Å². The Bertz CT molecular complexity index is 2180. The van der Waals surface area contributed by atoms with Crippen LogP contribution in [0, 0.1) is 11.8 Å². The van der Waals surface area contributed by atoms with Crippen LogP contribution in [0.1, 0.15) is 238 Å². The third kappa shape index (κ3) is 17.0. The minimum absolute atomic E-state index is 0.700. The van der Waals surface area contributed by atoms with Gasteiger partial charge < -0.3 is 0 Å². The highest BCUT2D eigenvalue weighted by molar-refractivity contribution is 7.14. The van der Waals surface area contributed by atoms with Gasteiger partial charge >= 0.3 is 0 Å². The Morgan fingerprint density at radius 3 is 1.12 bits per heavy atom. The highest BCUT2D eigenvalue weighted by Gasteiger charge is 2.21. The molecule has 0 radical (unpaired) electrons. The molecule has 4 heterocycles. The van der Waals surface area contributed by atoms with Crippen LogP contribution in [0.25, 0.3) is 53.7 Å². The van der Waals surface area contributed by atoms with Crippen molar-refractivity contribution in [3.05, 3.63) is 46.2 Å². The summed E-state index contributed by atoms with van der Waals surface area (Å²) in [6, 6.07) is 9.62. The molecule has 65 heavy (non-hydrogen) atoms. The second-order valence-corrected chi connectivity index (χ2v) is 23.0. The Labute approximate surface area is 412 Å². The molecule has 358 valence electrons. The van der Waals surface area contributed by atoms with Gasteiger partial charge in [0.1, 0.15) is 22.1 Å². The molecular weight excluding hydrogens is 869 g/mol. The number of nitrogens with zero attached hydrogens (tertiary/aromatic N) is 4. The monoisotopic (exact) mass is 955 g/mol. The maximum absolute atomic E-state index is 4.97. The van der Waals surface area contributed by atoms with Crippen LogP contribution >= 0.6 is 46.1 Å². The molecule has 0 aliphatic carbocycles. The van der Waals surface area contributed by atoms with Crippen molar-refractivity contribution < 1.29 is 0 Å². The highest BCUT2D eigenvalue weighted by Crippen LogP contribution is 2.43. The van der Waals surface area contributed by atoms with Gasteiger partial charge in [-0.2, -0.15) is 17.5 Å². The second kappa shape index (κ2) is 30.3. The first kappa shape index (κ1) is 52.1. The molecule has 6 aromatic rings. The SMILES string of the molecule is CCCCCCCCCCCCC(C)Cc1csc(-c2cc3c(cc(-c4cc(CC(CCCCCCCCCC)CCCCCCCCCCCC)cs4)c4nsnc43)c3nsnc23)c1. The van der Waals surface area contributed by atoms with E-state index in [1.165, 1.54) is 261 Å². The van der Waals surface area contributed by atoms with Crippen molar-refractivity contribution in [1.29, 1.82) is 0 Å². The van der Waals surface area contributed by atoms with Crippen LogP contribution < -0.4 is 0 Å². The summed E-state index contributed by atoms with van der Waals surface area (Å²) in [5, 5.41) is 7.13. The van der Waals surface area contributed by atoms with Crippen LogP contribution in [0.15, 0.2) is 35.0 Å². The van der Waals surface area contributed by atoms with Gasteiger partial charge in [0.15, 0.2) is 0 Å². The summed E-state index contributed by atoms with van der Waals surface area (Å²) < 4.78 is 19.8. The average Bonchev–Trinajstić information content (AvgIpc) is 4.17. The van der Waals surface area contributed by atoms with Crippen LogP contribution in [0.2, 0.25) is 0 Å². The average molecular weight is 956 g/mol. The fraction of sp³-hybridized carbons (Fsp3) is 0.684. The lowest BCUT2D eigenvalue weighted by atomic mass is 9.89. The van der Waals surface area contributed by atoms with Crippen LogP contribution in [0.5, 0.6) is 0 Å². The first-order valence-electron chi connectivity index (χ1n) is 27.1. The molecule has 8 heteroatoms. The molecule has 6 rings (SSSR count).